The predicted molar refractivity (Wildman–Crippen MR) is 70.5 cm³/mol. The molecule has 0 saturated heterocycles. The number of halogens is 1. The zero-order chi connectivity index (χ0) is 13.0. The molecule has 0 aliphatic heterocycles. The first-order chi connectivity index (χ1) is 7.07. The van der Waals surface area contributed by atoms with Gasteiger partial charge in [-0.15, -0.1) is 0 Å². The number of hydrogen-bond acceptors (Lipinski definition) is 4. The van der Waals surface area contributed by atoms with Crippen molar-refractivity contribution in [2.75, 3.05) is 28.8 Å². The van der Waals surface area contributed by atoms with E-state index in [0.29, 0.717) is 5.33 Å². The van der Waals surface area contributed by atoms with Gasteiger partial charge in [-0.05, 0) is 11.8 Å². The molecule has 0 amide bonds. The molecule has 0 bridgehead atoms. The third-order valence-corrected chi connectivity index (χ3v) is 6.17. The molecule has 0 rings (SSSR count). The Hall–Kier alpha value is 0.380. The van der Waals surface area contributed by atoms with E-state index in [-0.39, 0.29) is 29.1 Å². The van der Waals surface area contributed by atoms with Crippen LogP contribution in [0.3, 0.4) is 0 Å². The molecule has 0 heterocycles. The highest BCUT2D eigenvalue weighted by Crippen LogP contribution is 2.16. The van der Waals surface area contributed by atoms with Crippen molar-refractivity contribution in [3.8, 4) is 0 Å². The van der Waals surface area contributed by atoms with Crippen LogP contribution in [0.4, 0.5) is 0 Å². The molecular formula is C9H19BrO4S2. The summed E-state index contributed by atoms with van der Waals surface area (Å²) < 4.78 is 45.1. The molecule has 0 radical (unpaired) electrons. The second-order valence-electron chi connectivity index (χ2n) is 4.40. The molecule has 0 aromatic rings. The van der Waals surface area contributed by atoms with Crippen molar-refractivity contribution in [3.05, 3.63) is 0 Å². The van der Waals surface area contributed by atoms with Crippen molar-refractivity contribution in [3.63, 3.8) is 0 Å². The highest BCUT2D eigenvalue weighted by molar-refractivity contribution is 9.09. The summed E-state index contributed by atoms with van der Waals surface area (Å²) in [4.78, 5) is 0. The van der Waals surface area contributed by atoms with Gasteiger partial charge in [0.1, 0.15) is 9.84 Å². The van der Waals surface area contributed by atoms with Crippen molar-refractivity contribution in [2.24, 2.45) is 11.8 Å². The number of sulfone groups is 2. The summed E-state index contributed by atoms with van der Waals surface area (Å²) in [6, 6.07) is 0. The summed E-state index contributed by atoms with van der Waals surface area (Å²) in [6.07, 6.45) is 1.05. The first kappa shape index (κ1) is 16.4. The Balaban J connectivity index is 4.46. The standard InChI is InChI=1S/C9H19BrO4S2/c1-8(2)9(6-10)7-16(13,14)5-4-15(3,11)12/h8-9H,4-7H2,1-3H3. The van der Waals surface area contributed by atoms with E-state index >= 15 is 0 Å². The molecular weight excluding hydrogens is 316 g/mol. The fraction of sp³-hybridized carbons (Fsp3) is 1.00. The highest BCUT2D eigenvalue weighted by Gasteiger charge is 2.22. The molecule has 0 aromatic carbocycles. The van der Waals surface area contributed by atoms with E-state index in [0.717, 1.165) is 6.26 Å². The van der Waals surface area contributed by atoms with Crippen molar-refractivity contribution >= 4 is 35.6 Å². The molecule has 16 heavy (non-hydrogen) atoms. The quantitative estimate of drug-likeness (QED) is 0.654. The maximum Gasteiger partial charge on any atom is 0.151 e. The van der Waals surface area contributed by atoms with Crippen LogP contribution in [0.25, 0.3) is 0 Å². The van der Waals surface area contributed by atoms with E-state index in [1.807, 2.05) is 13.8 Å². The van der Waals surface area contributed by atoms with Gasteiger partial charge in [-0.2, -0.15) is 0 Å². The van der Waals surface area contributed by atoms with E-state index in [9.17, 15) is 16.8 Å². The van der Waals surface area contributed by atoms with E-state index in [4.69, 9.17) is 0 Å². The third kappa shape index (κ3) is 7.62. The lowest BCUT2D eigenvalue weighted by Crippen LogP contribution is -2.26. The predicted octanol–water partition coefficient (Wildman–Crippen LogP) is 1.11. The minimum absolute atomic E-state index is 0.0320. The lowest BCUT2D eigenvalue weighted by atomic mass is 10.0. The van der Waals surface area contributed by atoms with Gasteiger partial charge in [0.15, 0.2) is 9.84 Å². The Kier molecular flexibility index (Phi) is 6.50. The molecule has 0 aliphatic rings. The minimum atomic E-state index is -3.28. The monoisotopic (exact) mass is 334 g/mol. The van der Waals surface area contributed by atoms with Crippen molar-refractivity contribution in [1.82, 2.24) is 0 Å². The topological polar surface area (TPSA) is 68.3 Å². The van der Waals surface area contributed by atoms with Crippen molar-refractivity contribution < 1.29 is 16.8 Å². The molecule has 0 spiro atoms. The molecule has 0 aliphatic carbocycles. The average Bonchev–Trinajstić information content (AvgIpc) is 2.10. The van der Waals surface area contributed by atoms with Gasteiger partial charge in [0, 0.05) is 11.6 Å². The summed E-state index contributed by atoms with van der Waals surface area (Å²) in [5.74, 6) is -0.229. The molecule has 0 saturated carbocycles. The number of alkyl halides is 1. The van der Waals surface area contributed by atoms with Crippen molar-refractivity contribution in [2.45, 2.75) is 13.8 Å². The summed E-state index contributed by atoms with van der Waals surface area (Å²) in [7, 11) is -6.49. The number of rotatable bonds is 7. The fourth-order valence-electron chi connectivity index (χ4n) is 1.10. The second kappa shape index (κ2) is 6.35. The molecule has 98 valence electrons. The van der Waals surface area contributed by atoms with Crippen molar-refractivity contribution in [1.29, 1.82) is 0 Å². The maximum absolute atomic E-state index is 11.7. The third-order valence-electron chi connectivity index (χ3n) is 2.37. The van der Waals surface area contributed by atoms with Crippen LogP contribution in [0.5, 0.6) is 0 Å². The van der Waals surface area contributed by atoms with Crippen LogP contribution >= 0.6 is 15.9 Å². The lowest BCUT2D eigenvalue weighted by Gasteiger charge is -2.17. The van der Waals surface area contributed by atoms with Crippen LogP contribution in [0.2, 0.25) is 0 Å². The molecule has 1 atom stereocenters. The van der Waals surface area contributed by atoms with Gasteiger partial charge in [-0.3, -0.25) is 0 Å². The van der Waals surface area contributed by atoms with Gasteiger partial charge < -0.3 is 0 Å². The average molecular weight is 335 g/mol. The Morgan fingerprint density at radius 3 is 1.88 bits per heavy atom. The Labute approximate surface area is 107 Å². The van der Waals surface area contributed by atoms with E-state index in [1.165, 1.54) is 0 Å². The first-order valence-electron chi connectivity index (χ1n) is 5.01. The number of hydrogen-bond donors (Lipinski definition) is 0. The summed E-state index contributed by atoms with van der Waals surface area (Å²) in [5.41, 5.74) is 0. The van der Waals surface area contributed by atoms with Gasteiger partial charge in [0.25, 0.3) is 0 Å². The Morgan fingerprint density at radius 1 is 1.06 bits per heavy atom. The van der Waals surface area contributed by atoms with Crippen LogP contribution in [-0.2, 0) is 19.7 Å². The first-order valence-corrected chi connectivity index (χ1v) is 10.0. The zero-order valence-electron chi connectivity index (χ0n) is 9.81. The molecule has 0 N–H and O–H groups in total. The van der Waals surface area contributed by atoms with Crippen LogP contribution in [0.15, 0.2) is 0 Å². The highest BCUT2D eigenvalue weighted by atomic mass is 79.9. The van der Waals surface area contributed by atoms with Crippen LogP contribution in [0.1, 0.15) is 13.8 Å². The molecule has 4 nitrogen and oxygen atoms in total. The summed E-state index contributed by atoms with van der Waals surface area (Å²) in [5, 5.41) is 0.614. The molecule has 7 heteroatoms. The Morgan fingerprint density at radius 2 is 1.56 bits per heavy atom. The van der Waals surface area contributed by atoms with Crippen LogP contribution < -0.4 is 0 Å². The van der Waals surface area contributed by atoms with Gasteiger partial charge in [-0.25, -0.2) is 16.8 Å². The fourth-order valence-corrected chi connectivity index (χ4v) is 5.93. The van der Waals surface area contributed by atoms with Crippen LogP contribution in [-0.4, -0.2) is 45.7 Å². The van der Waals surface area contributed by atoms with Crippen LogP contribution in [0, 0.1) is 11.8 Å². The lowest BCUT2D eigenvalue weighted by molar-refractivity contribution is 0.462. The second-order valence-corrected chi connectivity index (χ2v) is 9.54. The van der Waals surface area contributed by atoms with Gasteiger partial charge in [0.2, 0.25) is 0 Å². The summed E-state index contributed by atoms with van der Waals surface area (Å²) >= 11 is 3.28. The normalized spacial score (nSPS) is 15.3. The van der Waals surface area contributed by atoms with Gasteiger partial charge in [-0.1, -0.05) is 29.8 Å². The van der Waals surface area contributed by atoms with Gasteiger partial charge in [0.05, 0.1) is 17.3 Å². The smallest absolute Gasteiger partial charge is 0.151 e. The zero-order valence-corrected chi connectivity index (χ0v) is 13.0. The van der Waals surface area contributed by atoms with E-state index in [2.05, 4.69) is 15.9 Å². The maximum atomic E-state index is 11.7. The SMILES string of the molecule is CC(C)C(CBr)CS(=O)(=O)CCS(C)(=O)=O. The Bertz CT molecular complexity index is 397. The van der Waals surface area contributed by atoms with E-state index in [1.54, 1.807) is 0 Å². The minimum Gasteiger partial charge on any atom is -0.229 e. The molecule has 1 unspecified atom stereocenters. The van der Waals surface area contributed by atoms with Gasteiger partial charge >= 0.3 is 0 Å². The largest absolute Gasteiger partial charge is 0.229 e. The molecule has 0 aromatic heterocycles. The van der Waals surface area contributed by atoms with E-state index < -0.39 is 19.7 Å². The molecule has 0 fully saturated rings. The summed E-state index contributed by atoms with van der Waals surface area (Å²) in [6.45, 7) is 3.91.